The van der Waals surface area contributed by atoms with Gasteiger partial charge in [-0.2, -0.15) is 0 Å². The van der Waals surface area contributed by atoms with E-state index in [0.717, 1.165) is 55.3 Å². The first-order valence-electron chi connectivity index (χ1n) is 12.8. The van der Waals surface area contributed by atoms with Gasteiger partial charge in [0.25, 0.3) is 0 Å². The maximum atomic E-state index is 13.8. The van der Waals surface area contributed by atoms with Gasteiger partial charge in [-0.3, -0.25) is 14.4 Å². The van der Waals surface area contributed by atoms with Crippen LogP contribution in [0.2, 0.25) is 0 Å². The van der Waals surface area contributed by atoms with Gasteiger partial charge >= 0.3 is 0 Å². The van der Waals surface area contributed by atoms with Crippen LogP contribution in [0, 0.1) is 25.7 Å². The lowest BCUT2D eigenvalue weighted by atomic mass is 9.74. The third kappa shape index (κ3) is 3.39. The highest BCUT2D eigenvalue weighted by Gasteiger charge is 2.74. The van der Waals surface area contributed by atoms with Gasteiger partial charge in [-0.1, -0.05) is 37.5 Å². The van der Waals surface area contributed by atoms with Crippen LogP contribution < -0.4 is 10.6 Å². The molecule has 1 aromatic rings. The van der Waals surface area contributed by atoms with E-state index in [1.54, 1.807) is 4.90 Å². The molecule has 1 aromatic carbocycles. The molecule has 180 valence electrons. The fraction of sp³-hybridized carbons (Fsp3) is 0.593. The molecule has 4 fully saturated rings. The maximum absolute atomic E-state index is 13.8. The third-order valence-electron chi connectivity index (χ3n) is 8.24. The molecule has 5 atom stereocenters. The number of likely N-dealkylation sites (tertiary alicyclic amines) is 1. The van der Waals surface area contributed by atoms with Crippen LogP contribution >= 0.6 is 0 Å². The van der Waals surface area contributed by atoms with Crippen molar-refractivity contribution in [2.45, 2.75) is 88.6 Å². The summed E-state index contributed by atoms with van der Waals surface area (Å²) in [5.74, 6) is -1.78. The quantitative estimate of drug-likeness (QED) is 0.657. The van der Waals surface area contributed by atoms with Gasteiger partial charge in [0, 0.05) is 17.8 Å². The summed E-state index contributed by atoms with van der Waals surface area (Å²) in [5, 5.41) is 6.26. The average molecular weight is 464 g/mol. The van der Waals surface area contributed by atoms with Crippen LogP contribution in [0.15, 0.2) is 30.4 Å². The zero-order chi connectivity index (χ0) is 23.6. The number of anilines is 1. The molecule has 2 saturated carbocycles. The summed E-state index contributed by atoms with van der Waals surface area (Å²) >= 11 is 0. The molecule has 3 aliphatic heterocycles. The van der Waals surface area contributed by atoms with Crippen LogP contribution in [0.3, 0.4) is 0 Å². The van der Waals surface area contributed by atoms with Crippen molar-refractivity contribution in [2.75, 3.05) is 5.32 Å². The van der Waals surface area contributed by atoms with Crippen molar-refractivity contribution in [3.8, 4) is 0 Å². The molecule has 2 saturated heterocycles. The van der Waals surface area contributed by atoms with Crippen LogP contribution in [-0.4, -0.2) is 52.5 Å². The number of nitrogens with one attached hydrogen (secondary N) is 2. The number of benzene rings is 1. The largest absolute Gasteiger partial charge is 0.359 e. The van der Waals surface area contributed by atoms with Crippen LogP contribution in [0.5, 0.6) is 0 Å². The number of amides is 3. The highest BCUT2D eigenvalue weighted by atomic mass is 16.5. The Bertz CT molecular complexity index is 1050. The SMILES string of the molecule is Cc1cc(C)cc(NC(=O)[C@H]2[C@@H]3C=C[C@]4(O3)[C@@H]2C(=O)N(C2CC2)[C@H]4C(=O)NC2CCCCC2)c1. The first kappa shape index (κ1) is 21.8. The number of fused-ring (bicyclic) bond motifs is 1. The summed E-state index contributed by atoms with van der Waals surface area (Å²) < 4.78 is 6.41. The first-order chi connectivity index (χ1) is 16.4. The lowest BCUT2D eigenvalue weighted by Crippen LogP contribution is -2.57. The maximum Gasteiger partial charge on any atom is 0.246 e. The van der Waals surface area contributed by atoms with Gasteiger partial charge in [0.2, 0.25) is 17.7 Å². The second-order valence-electron chi connectivity index (χ2n) is 10.9. The fourth-order valence-electron chi connectivity index (χ4n) is 6.75. The molecule has 0 unspecified atom stereocenters. The molecule has 5 aliphatic rings. The Labute approximate surface area is 200 Å². The van der Waals surface area contributed by atoms with E-state index in [9.17, 15) is 14.4 Å². The van der Waals surface area contributed by atoms with Gasteiger partial charge in [-0.15, -0.1) is 0 Å². The molecule has 0 radical (unpaired) electrons. The summed E-state index contributed by atoms with van der Waals surface area (Å²) in [5.41, 5.74) is 1.78. The number of aryl methyl sites for hydroxylation is 2. The minimum atomic E-state index is -1.06. The number of ether oxygens (including phenoxy) is 1. The van der Waals surface area contributed by atoms with Gasteiger partial charge in [-0.25, -0.2) is 0 Å². The van der Waals surface area contributed by atoms with Gasteiger partial charge < -0.3 is 20.3 Å². The predicted octanol–water partition coefficient (Wildman–Crippen LogP) is 3.00. The molecule has 3 amide bonds. The normalized spacial score (nSPS) is 34.4. The lowest BCUT2D eigenvalue weighted by molar-refractivity contribution is -0.142. The monoisotopic (exact) mass is 463 g/mol. The Hall–Kier alpha value is -2.67. The van der Waals surface area contributed by atoms with Crippen molar-refractivity contribution in [1.82, 2.24) is 10.2 Å². The topological polar surface area (TPSA) is 87.7 Å². The lowest BCUT2D eigenvalue weighted by Gasteiger charge is -2.34. The minimum absolute atomic E-state index is 0.0637. The number of hydrogen-bond acceptors (Lipinski definition) is 4. The molecule has 3 heterocycles. The molecule has 2 N–H and O–H groups in total. The fourth-order valence-corrected chi connectivity index (χ4v) is 6.75. The second kappa shape index (κ2) is 7.94. The summed E-state index contributed by atoms with van der Waals surface area (Å²) in [4.78, 5) is 42.7. The van der Waals surface area contributed by atoms with Crippen molar-refractivity contribution in [3.63, 3.8) is 0 Å². The molecule has 1 spiro atoms. The van der Waals surface area contributed by atoms with E-state index >= 15 is 0 Å². The van der Waals surface area contributed by atoms with Crippen LogP contribution in [0.4, 0.5) is 5.69 Å². The summed E-state index contributed by atoms with van der Waals surface area (Å²) in [6.07, 6.45) is 10.5. The third-order valence-corrected chi connectivity index (χ3v) is 8.24. The van der Waals surface area contributed by atoms with Crippen molar-refractivity contribution in [2.24, 2.45) is 11.8 Å². The molecule has 2 bridgehead atoms. The minimum Gasteiger partial charge on any atom is -0.359 e. The number of nitrogens with zero attached hydrogens (tertiary/aromatic N) is 1. The Kier molecular flexibility index (Phi) is 5.10. The van der Waals surface area contributed by atoms with Gasteiger partial charge in [0.15, 0.2) is 0 Å². The van der Waals surface area contributed by atoms with Crippen LogP contribution in [-0.2, 0) is 19.1 Å². The highest BCUT2D eigenvalue weighted by Crippen LogP contribution is 2.57. The Morgan fingerprint density at radius 2 is 1.71 bits per heavy atom. The Morgan fingerprint density at radius 3 is 2.38 bits per heavy atom. The number of rotatable bonds is 5. The van der Waals surface area contributed by atoms with Crippen molar-refractivity contribution < 1.29 is 19.1 Å². The molecule has 7 nitrogen and oxygen atoms in total. The number of carbonyl (C=O) groups excluding carboxylic acids is 3. The second-order valence-corrected chi connectivity index (χ2v) is 10.9. The van der Waals surface area contributed by atoms with Gasteiger partial charge in [-0.05, 0) is 62.8 Å². The highest BCUT2D eigenvalue weighted by molar-refractivity contribution is 6.03. The Balaban J connectivity index is 1.29. The zero-order valence-electron chi connectivity index (χ0n) is 19.9. The zero-order valence-corrected chi connectivity index (χ0v) is 19.9. The first-order valence-corrected chi connectivity index (χ1v) is 12.8. The van der Waals surface area contributed by atoms with E-state index in [2.05, 4.69) is 16.7 Å². The van der Waals surface area contributed by atoms with E-state index < -0.39 is 29.6 Å². The number of hydrogen-bond donors (Lipinski definition) is 2. The Morgan fingerprint density at radius 1 is 1.00 bits per heavy atom. The van der Waals surface area contributed by atoms with Crippen LogP contribution in [0.25, 0.3) is 0 Å². The summed E-state index contributed by atoms with van der Waals surface area (Å²) in [6.45, 7) is 3.98. The summed E-state index contributed by atoms with van der Waals surface area (Å²) in [7, 11) is 0. The van der Waals surface area contributed by atoms with E-state index in [1.165, 1.54) is 6.42 Å². The van der Waals surface area contributed by atoms with Crippen LogP contribution in [0.1, 0.15) is 56.1 Å². The molecule has 0 aromatic heterocycles. The number of carbonyl (C=O) groups is 3. The molecule has 2 aliphatic carbocycles. The summed E-state index contributed by atoms with van der Waals surface area (Å²) in [6, 6.07) is 5.42. The van der Waals surface area contributed by atoms with E-state index in [1.807, 2.05) is 38.1 Å². The van der Waals surface area contributed by atoms with E-state index in [0.29, 0.717) is 0 Å². The van der Waals surface area contributed by atoms with E-state index in [4.69, 9.17) is 4.74 Å². The molecule has 6 rings (SSSR count). The molecule has 34 heavy (non-hydrogen) atoms. The van der Waals surface area contributed by atoms with Gasteiger partial charge in [0.1, 0.15) is 11.6 Å². The van der Waals surface area contributed by atoms with Crippen molar-refractivity contribution >= 4 is 23.4 Å². The van der Waals surface area contributed by atoms with E-state index in [-0.39, 0.29) is 29.8 Å². The van der Waals surface area contributed by atoms with Crippen molar-refractivity contribution in [1.29, 1.82) is 0 Å². The average Bonchev–Trinajstić information content (AvgIpc) is 3.38. The molecular weight excluding hydrogens is 430 g/mol. The predicted molar refractivity (Wildman–Crippen MR) is 127 cm³/mol. The standard InChI is InChI=1S/C27H33N3O4/c1-15-12-16(2)14-18(13-15)29-24(31)21-20-10-11-27(34-20)22(21)26(33)30(19-8-9-19)23(27)25(32)28-17-6-4-3-5-7-17/h10-14,17,19-23H,3-9H2,1-2H3,(H,28,32)(H,29,31)/t20-,21-,22-,23-,27-/m0/s1. The molecule has 7 heteroatoms. The smallest absolute Gasteiger partial charge is 0.246 e. The molecular formula is C27H33N3O4. The van der Waals surface area contributed by atoms with Crippen molar-refractivity contribution in [3.05, 3.63) is 41.5 Å². The van der Waals surface area contributed by atoms with Gasteiger partial charge in [0.05, 0.1) is 17.9 Å².